The van der Waals surface area contributed by atoms with Crippen molar-refractivity contribution in [2.75, 3.05) is 32.4 Å². The lowest BCUT2D eigenvalue weighted by atomic mass is 10.1. The molecule has 0 amide bonds. The summed E-state index contributed by atoms with van der Waals surface area (Å²) in [4.78, 5) is 12.5. The molecule has 0 fully saturated rings. The molecule has 6 heteroatoms. The maximum absolute atomic E-state index is 5.04. The summed E-state index contributed by atoms with van der Waals surface area (Å²) in [5, 5.41) is 1.15. The van der Waals surface area contributed by atoms with Crippen LogP contribution in [0.5, 0.6) is 0 Å². The molecule has 0 saturated carbocycles. The standard InChI is InChI=1S/C28H32N3S2.HI/c1-4-31(3,5-2)19-20-32-28-21-27(29-25-13-9-10-14-26(25)30-28)22-15-17-24(18-16-22)33-23-11-7-6-8-12-23;/h6-18H,4-5,19-21H2,1-3H3;1H/q+1;/p-1. The molecular weight excluding hydrogens is 569 g/mol. The van der Waals surface area contributed by atoms with Gasteiger partial charge in [0.15, 0.2) is 0 Å². The fourth-order valence-electron chi connectivity index (χ4n) is 3.67. The van der Waals surface area contributed by atoms with E-state index in [4.69, 9.17) is 9.98 Å². The van der Waals surface area contributed by atoms with Gasteiger partial charge in [0.1, 0.15) is 0 Å². The van der Waals surface area contributed by atoms with Crippen LogP contribution in [0.3, 0.4) is 0 Å². The molecule has 3 aromatic carbocycles. The number of rotatable bonds is 8. The lowest BCUT2D eigenvalue weighted by molar-refractivity contribution is -0.903. The molecule has 3 aromatic rings. The van der Waals surface area contributed by atoms with E-state index < -0.39 is 0 Å². The van der Waals surface area contributed by atoms with Crippen LogP contribution < -0.4 is 24.0 Å². The molecule has 0 spiro atoms. The molecule has 0 aliphatic carbocycles. The summed E-state index contributed by atoms with van der Waals surface area (Å²) < 4.78 is 1.10. The second kappa shape index (κ2) is 12.9. The number of hydrogen-bond acceptors (Lipinski definition) is 4. The van der Waals surface area contributed by atoms with Crippen molar-refractivity contribution in [3.63, 3.8) is 0 Å². The van der Waals surface area contributed by atoms with E-state index in [9.17, 15) is 0 Å². The summed E-state index contributed by atoms with van der Waals surface area (Å²) >= 11 is 3.67. The highest BCUT2D eigenvalue weighted by molar-refractivity contribution is 8.14. The molecule has 0 radical (unpaired) electrons. The normalized spacial score (nSPS) is 13.3. The van der Waals surface area contributed by atoms with Crippen LogP contribution in [0.1, 0.15) is 25.8 Å². The molecule has 1 aliphatic rings. The fourth-order valence-corrected chi connectivity index (χ4v) is 5.68. The molecule has 1 heterocycles. The van der Waals surface area contributed by atoms with Crippen LogP contribution in [0.15, 0.2) is 98.6 Å². The smallest absolute Gasteiger partial charge is 0.0896 e. The topological polar surface area (TPSA) is 24.7 Å². The Morgan fingerprint density at radius 3 is 2.00 bits per heavy atom. The Kier molecular flexibility index (Phi) is 10.2. The third-order valence-electron chi connectivity index (χ3n) is 6.29. The van der Waals surface area contributed by atoms with Gasteiger partial charge in [0.2, 0.25) is 0 Å². The van der Waals surface area contributed by atoms with E-state index in [1.54, 1.807) is 11.8 Å². The maximum atomic E-state index is 5.04. The molecule has 34 heavy (non-hydrogen) atoms. The third kappa shape index (κ3) is 7.20. The summed E-state index contributed by atoms with van der Waals surface area (Å²) in [5.41, 5.74) is 4.17. The van der Waals surface area contributed by atoms with E-state index in [1.807, 2.05) is 23.9 Å². The van der Waals surface area contributed by atoms with Gasteiger partial charge in [0, 0.05) is 22.0 Å². The fraction of sp³-hybridized carbons (Fsp3) is 0.286. The zero-order chi connectivity index (χ0) is 23.1. The van der Waals surface area contributed by atoms with E-state index in [1.165, 1.54) is 15.4 Å². The quantitative estimate of drug-likeness (QED) is 0.278. The van der Waals surface area contributed by atoms with Gasteiger partial charge in [-0.05, 0) is 55.8 Å². The van der Waals surface area contributed by atoms with Crippen molar-refractivity contribution in [2.24, 2.45) is 9.98 Å². The lowest BCUT2D eigenvalue weighted by Gasteiger charge is -2.31. The number of quaternary nitrogens is 1. The Labute approximate surface area is 229 Å². The minimum atomic E-state index is 0. The highest BCUT2D eigenvalue weighted by Crippen LogP contribution is 2.34. The first-order valence-corrected chi connectivity index (χ1v) is 13.4. The van der Waals surface area contributed by atoms with E-state index in [0.717, 1.165) is 58.4 Å². The summed E-state index contributed by atoms with van der Waals surface area (Å²) in [7, 11) is 2.34. The molecule has 4 rings (SSSR count). The lowest BCUT2D eigenvalue weighted by Crippen LogP contribution is -3.00. The first-order valence-electron chi connectivity index (χ1n) is 11.6. The minimum absolute atomic E-state index is 0. The Morgan fingerprint density at radius 1 is 0.765 bits per heavy atom. The molecule has 1 aliphatic heterocycles. The average Bonchev–Trinajstić information content (AvgIpc) is 3.04. The van der Waals surface area contributed by atoms with Gasteiger partial charge >= 0.3 is 0 Å². The van der Waals surface area contributed by atoms with Crippen LogP contribution in [0.4, 0.5) is 11.4 Å². The first kappa shape index (κ1) is 27.0. The molecule has 0 N–H and O–H groups in total. The molecule has 0 aromatic heterocycles. The van der Waals surface area contributed by atoms with Crippen molar-refractivity contribution in [2.45, 2.75) is 30.1 Å². The summed E-state index contributed by atoms with van der Waals surface area (Å²) in [6, 6.07) is 27.5. The summed E-state index contributed by atoms with van der Waals surface area (Å²) in [6.07, 6.45) is 0.770. The first-order chi connectivity index (χ1) is 16.1. The largest absolute Gasteiger partial charge is 1.00 e. The Morgan fingerprint density at radius 2 is 1.35 bits per heavy atom. The minimum Gasteiger partial charge on any atom is -1.00 e. The van der Waals surface area contributed by atoms with Gasteiger partial charge in [0.05, 0.1) is 48.8 Å². The van der Waals surface area contributed by atoms with E-state index >= 15 is 0 Å². The molecule has 0 saturated heterocycles. The number of nitrogens with zero attached hydrogens (tertiary/aromatic N) is 3. The third-order valence-corrected chi connectivity index (χ3v) is 8.27. The van der Waals surface area contributed by atoms with Crippen LogP contribution >= 0.6 is 23.5 Å². The number of aliphatic imine (C=N–C) groups is 2. The number of hydrogen-bond donors (Lipinski definition) is 0. The van der Waals surface area contributed by atoms with Crippen molar-refractivity contribution < 1.29 is 28.5 Å². The Hall–Kier alpha value is -1.61. The highest BCUT2D eigenvalue weighted by atomic mass is 127. The van der Waals surface area contributed by atoms with Crippen molar-refractivity contribution in [1.82, 2.24) is 0 Å². The Balaban J connectivity index is 0.00000324. The van der Waals surface area contributed by atoms with Crippen LogP contribution in [0.2, 0.25) is 0 Å². The van der Waals surface area contributed by atoms with Gasteiger partial charge in [-0.15, -0.1) is 11.8 Å². The molecule has 0 bridgehead atoms. The van der Waals surface area contributed by atoms with E-state index in [2.05, 4.69) is 87.6 Å². The number of thioether (sulfide) groups is 1. The van der Waals surface area contributed by atoms with E-state index in [-0.39, 0.29) is 24.0 Å². The SMILES string of the molecule is CC[N+](C)(CC)CCSC1=Nc2ccccc2N=C(c2ccc(Sc3ccccc3)cc2)C1.[I-]. The molecular formula is C28H32IN3S2. The van der Waals surface area contributed by atoms with Gasteiger partial charge < -0.3 is 28.5 Å². The van der Waals surface area contributed by atoms with Gasteiger partial charge in [-0.2, -0.15) is 0 Å². The number of benzene rings is 3. The predicted octanol–water partition coefficient (Wildman–Crippen LogP) is 4.62. The van der Waals surface area contributed by atoms with Crippen molar-refractivity contribution in [3.05, 3.63) is 84.4 Å². The molecule has 178 valence electrons. The second-order valence-corrected chi connectivity index (χ2v) is 10.8. The van der Waals surface area contributed by atoms with Gasteiger partial charge in [0.25, 0.3) is 0 Å². The molecule has 0 atom stereocenters. The van der Waals surface area contributed by atoms with Crippen LogP contribution in [-0.2, 0) is 0 Å². The van der Waals surface area contributed by atoms with Crippen molar-refractivity contribution in [3.8, 4) is 0 Å². The van der Waals surface area contributed by atoms with Gasteiger partial charge in [-0.25, -0.2) is 4.99 Å². The number of fused-ring (bicyclic) bond motifs is 1. The molecule has 3 nitrogen and oxygen atoms in total. The zero-order valence-corrected chi connectivity index (χ0v) is 23.9. The van der Waals surface area contributed by atoms with Crippen molar-refractivity contribution in [1.29, 1.82) is 0 Å². The summed E-state index contributed by atoms with van der Waals surface area (Å²) in [6.45, 7) is 8.02. The highest BCUT2D eigenvalue weighted by Gasteiger charge is 2.19. The summed E-state index contributed by atoms with van der Waals surface area (Å²) in [5.74, 6) is 1.07. The molecule has 0 unspecified atom stereocenters. The van der Waals surface area contributed by atoms with Crippen LogP contribution in [-0.4, -0.2) is 47.7 Å². The second-order valence-electron chi connectivity index (χ2n) is 8.49. The van der Waals surface area contributed by atoms with Crippen LogP contribution in [0.25, 0.3) is 0 Å². The van der Waals surface area contributed by atoms with Crippen molar-refractivity contribution >= 4 is 45.7 Å². The maximum Gasteiger partial charge on any atom is 0.0896 e. The monoisotopic (exact) mass is 601 g/mol. The zero-order valence-electron chi connectivity index (χ0n) is 20.1. The number of halogens is 1. The van der Waals surface area contributed by atoms with Gasteiger partial charge in [-0.3, -0.25) is 4.99 Å². The van der Waals surface area contributed by atoms with Gasteiger partial charge in [-0.1, -0.05) is 54.2 Å². The van der Waals surface area contributed by atoms with E-state index in [0.29, 0.717) is 0 Å². The number of para-hydroxylation sites is 2. The average molecular weight is 602 g/mol. The predicted molar refractivity (Wildman–Crippen MR) is 146 cm³/mol. The van der Waals surface area contributed by atoms with Crippen LogP contribution in [0, 0.1) is 0 Å². The Bertz CT molecular complexity index is 1120.